The molecule has 0 saturated carbocycles. The number of aliphatic hydroxyl groups is 1. The van der Waals surface area contributed by atoms with Crippen LogP contribution in [0.4, 0.5) is 0 Å². The van der Waals surface area contributed by atoms with Crippen LogP contribution in [-0.4, -0.2) is 10.1 Å². The topological polar surface area (TPSA) is 46.3 Å². The molecule has 2 aromatic carbocycles. The number of aromatic nitrogens is 1. The summed E-state index contributed by atoms with van der Waals surface area (Å²) in [5, 5.41) is 11.7. The van der Waals surface area contributed by atoms with Crippen molar-refractivity contribution in [3.05, 3.63) is 108 Å². The van der Waals surface area contributed by atoms with E-state index in [2.05, 4.69) is 17.1 Å². The van der Waals surface area contributed by atoms with Gasteiger partial charge in [-0.15, -0.1) is 0 Å². The molecule has 0 fully saturated rings. The third-order valence-electron chi connectivity index (χ3n) is 4.50. The predicted molar refractivity (Wildman–Crippen MR) is 97.8 cm³/mol. The molecular formula is C22H19NO2. The van der Waals surface area contributed by atoms with Gasteiger partial charge in [0.15, 0.2) is 5.60 Å². The molecular weight excluding hydrogens is 310 g/mol. The van der Waals surface area contributed by atoms with Crippen LogP contribution in [0.1, 0.15) is 35.6 Å². The molecule has 1 N–H and O–H groups in total. The van der Waals surface area contributed by atoms with Crippen molar-refractivity contribution in [1.29, 1.82) is 0 Å². The zero-order valence-electron chi connectivity index (χ0n) is 13.8. The molecule has 1 aliphatic carbocycles. The Balaban J connectivity index is 1.84. The molecule has 0 saturated heterocycles. The predicted octanol–water partition coefficient (Wildman–Crippen LogP) is 4.69. The van der Waals surface area contributed by atoms with E-state index in [0.29, 0.717) is 11.6 Å². The third-order valence-corrected chi connectivity index (χ3v) is 4.50. The molecule has 124 valence electrons. The highest BCUT2D eigenvalue weighted by Gasteiger charge is 2.37. The maximum absolute atomic E-state index is 11.7. The van der Waals surface area contributed by atoms with Crippen LogP contribution in [0.25, 0.3) is 5.57 Å². The molecule has 0 unspecified atom stereocenters. The second kappa shape index (κ2) is 6.54. The lowest BCUT2D eigenvalue weighted by molar-refractivity contribution is 0.120. The van der Waals surface area contributed by atoms with E-state index < -0.39 is 5.60 Å². The van der Waals surface area contributed by atoms with Crippen LogP contribution in [0.3, 0.4) is 0 Å². The van der Waals surface area contributed by atoms with Crippen molar-refractivity contribution in [2.45, 2.75) is 18.4 Å². The number of allylic oxidation sites excluding steroid dienone is 4. The highest BCUT2D eigenvalue weighted by molar-refractivity contribution is 5.69. The molecule has 0 spiro atoms. The van der Waals surface area contributed by atoms with E-state index in [-0.39, 0.29) is 0 Å². The Morgan fingerprint density at radius 2 is 1.52 bits per heavy atom. The van der Waals surface area contributed by atoms with E-state index >= 15 is 0 Å². The van der Waals surface area contributed by atoms with Gasteiger partial charge in [0.05, 0.1) is 0 Å². The fourth-order valence-electron chi connectivity index (χ4n) is 3.17. The molecule has 1 heterocycles. The molecule has 3 aromatic rings. The molecule has 0 radical (unpaired) electrons. The van der Waals surface area contributed by atoms with Crippen molar-refractivity contribution >= 4 is 5.57 Å². The smallest absolute Gasteiger partial charge is 0.225 e. The molecule has 0 amide bonds. The van der Waals surface area contributed by atoms with Gasteiger partial charge in [0.1, 0.15) is 12.0 Å². The van der Waals surface area contributed by atoms with Crippen LogP contribution in [-0.2, 0) is 5.60 Å². The SMILES string of the molecule is OC(c1ccccc1)(c1ccccc1)c1coc(C2=CCCC=C2)n1. The van der Waals surface area contributed by atoms with Crippen molar-refractivity contribution in [1.82, 2.24) is 4.98 Å². The Bertz CT molecular complexity index is 868. The van der Waals surface area contributed by atoms with Crippen molar-refractivity contribution in [2.24, 2.45) is 0 Å². The lowest BCUT2D eigenvalue weighted by Gasteiger charge is -2.27. The lowest BCUT2D eigenvalue weighted by atomic mass is 9.84. The summed E-state index contributed by atoms with van der Waals surface area (Å²) in [4.78, 5) is 4.62. The first-order valence-electron chi connectivity index (χ1n) is 8.45. The van der Waals surface area contributed by atoms with E-state index in [1.54, 1.807) is 6.26 Å². The minimum atomic E-state index is -1.36. The van der Waals surface area contributed by atoms with Gasteiger partial charge in [0, 0.05) is 5.57 Å². The Labute approximate surface area is 147 Å². The zero-order chi connectivity index (χ0) is 17.1. The summed E-state index contributed by atoms with van der Waals surface area (Å²) in [5.74, 6) is 0.538. The summed E-state index contributed by atoms with van der Waals surface area (Å²) >= 11 is 0. The molecule has 4 rings (SSSR count). The molecule has 1 aromatic heterocycles. The van der Waals surface area contributed by atoms with Gasteiger partial charge < -0.3 is 9.52 Å². The zero-order valence-corrected chi connectivity index (χ0v) is 13.8. The second-order valence-electron chi connectivity index (χ2n) is 6.12. The highest BCUT2D eigenvalue weighted by atomic mass is 16.3. The first-order chi connectivity index (χ1) is 12.3. The van der Waals surface area contributed by atoms with Crippen molar-refractivity contribution in [3.63, 3.8) is 0 Å². The van der Waals surface area contributed by atoms with E-state index in [9.17, 15) is 5.11 Å². The lowest BCUT2D eigenvalue weighted by Crippen LogP contribution is -2.29. The van der Waals surface area contributed by atoms with Gasteiger partial charge in [-0.1, -0.05) is 78.9 Å². The van der Waals surface area contributed by atoms with Gasteiger partial charge in [-0.05, 0) is 24.0 Å². The largest absolute Gasteiger partial charge is 0.444 e. The van der Waals surface area contributed by atoms with Crippen LogP contribution in [0, 0.1) is 0 Å². The Morgan fingerprint density at radius 3 is 2.08 bits per heavy atom. The maximum atomic E-state index is 11.7. The normalized spacial score (nSPS) is 14.4. The van der Waals surface area contributed by atoms with Gasteiger partial charge in [-0.2, -0.15) is 0 Å². The average molecular weight is 329 g/mol. The quantitative estimate of drug-likeness (QED) is 0.755. The number of hydrogen-bond donors (Lipinski definition) is 1. The number of hydrogen-bond acceptors (Lipinski definition) is 3. The van der Waals surface area contributed by atoms with Gasteiger partial charge >= 0.3 is 0 Å². The molecule has 1 aliphatic rings. The van der Waals surface area contributed by atoms with Crippen LogP contribution in [0.5, 0.6) is 0 Å². The Kier molecular flexibility index (Phi) is 4.08. The van der Waals surface area contributed by atoms with Crippen LogP contribution < -0.4 is 0 Å². The van der Waals surface area contributed by atoms with E-state index in [1.165, 1.54) is 0 Å². The second-order valence-corrected chi connectivity index (χ2v) is 6.12. The molecule has 0 bridgehead atoms. The molecule has 25 heavy (non-hydrogen) atoms. The fraction of sp³-hybridized carbons (Fsp3) is 0.136. The summed E-state index contributed by atoms with van der Waals surface area (Å²) in [7, 11) is 0. The number of oxazole rings is 1. The van der Waals surface area contributed by atoms with Crippen LogP contribution >= 0.6 is 0 Å². The first-order valence-corrected chi connectivity index (χ1v) is 8.45. The van der Waals surface area contributed by atoms with E-state index in [4.69, 9.17) is 4.42 Å². The van der Waals surface area contributed by atoms with Crippen molar-refractivity contribution < 1.29 is 9.52 Å². The third kappa shape index (κ3) is 2.83. The summed E-state index contributed by atoms with van der Waals surface area (Å²) in [6.45, 7) is 0. The Morgan fingerprint density at radius 1 is 0.880 bits per heavy atom. The summed E-state index contributed by atoms with van der Waals surface area (Å²) in [5.41, 5.74) is 1.60. The summed E-state index contributed by atoms with van der Waals surface area (Å²) in [6.07, 6.45) is 9.81. The minimum Gasteiger partial charge on any atom is -0.444 e. The number of benzene rings is 2. The maximum Gasteiger partial charge on any atom is 0.225 e. The van der Waals surface area contributed by atoms with Gasteiger partial charge in [-0.3, -0.25) is 0 Å². The summed E-state index contributed by atoms with van der Waals surface area (Å²) in [6, 6.07) is 19.1. The minimum absolute atomic E-state index is 0.486. The Hall–Kier alpha value is -2.91. The molecule has 3 nitrogen and oxygen atoms in total. The monoisotopic (exact) mass is 329 g/mol. The van der Waals surface area contributed by atoms with Gasteiger partial charge in [0.25, 0.3) is 0 Å². The standard InChI is InChI=1S/C22H19NO2/c24-22(18-12-6-2-7-13-18,19-14-8-3-9-15-19)20-16-25-21(23-20)17-10-4-1-5-11-17/h2-4,6-16,24H,1,5H2. The number of nitrogens with zero attached hydrogens (tertiary/aromatic N) is 1. The highest BCUT2D eigenvalue weighted by Crippen LogP contribution is 2.36. The molecule has 3 heteroatoms. The van der Waals surface area contributed by atoms with E-state index in [1.807, 2.05) is 66.7 Å². The van der Waals surface area contributed by atoms with E-state index in [0.717, 1.165) is 29.5 Å². The van der Waals surface area contributed by atoms with Crippen LogP contribution in [0.2, 0.25) is 0 Å². The van der Waals surface area contributed by atoms with Gasteiger partial charge in [0.2, 0.25) is 5.89 Å². The fourth-order valence-corrected chi connectivity index (χ4v) is 3.17. The molecule has 0 aliphatic heterocycles. The average Bonchev–Trinajstić information content (AvgIpc) is 3.20. The van der Waals surface area contributed by atoms with Crippen molar-refractivity contribution in [3.8, 4) is 0 Å². The summed E-state index contributed by atoms with van der Waals surface area (Å²) < 4.78 is 5.70. The number of rotatable bonds is 4. The first kappa shape index (κ1) is 15.6. The molecule has 0 atom stereocenters. The van der Waals surface area contributed by atoms with Crippen LogP contribution in [0.15, 0.2) is 89.6 Å². The van der Waals surface area contributed by atoms with Gasteiger partial charge in [-0.25, -0.2) is 4.98 Å². The van der Waals surface area contributed by atoms with Crippen molar-refractivity contribution in [2.75, 3.05) is 0 Å².